The lowest BCUT2D eigenvalue weighted by molar-refractivity contribution is -0.138. The first kappa shape index (κ1) is 16.4. The Bertz CT molecular complexity index is 490. The molecule has 1 aromatic carbocycles. The molecule has 2 atom stereocenters. The Kier molecular flexibility index (Phi) is 5.09. The number of nitrogens with two attached hydrogens (primary N) is 1. The average molecular weight is 293 g/mol. The van der Waals surface area contributed by atoms with E-state index in [0.29, 0.717) is 6.07 Å². The lowest BCUT2D eigenvalue weighted by Gasteiger charge is -2.19. The van der Waals surface area contributed by atoms with E-state index in [4.69, 9.17) is 10.8 Å². The molecule has 1 aromatic rings. The number of hydrogen-bond donors (Lipinski definition) is 4. The summed E-state index contributed by atoms with van der Waals surface area (Å²) in [5.41, 5.74) is 2.67. The summed E-state index contributed by atoms with van der Waals surface area (Å²) < 4.78 is 38.3. The van der Waals surface area contributed by atoms with Gasteiger partial charge in [0.05, 0.1) is 17.2 Å². The van der Waals surface area contributed by atoms with Crippen molar-refractivity contribution in [2.75, 3.05) is 6.54 Å². The number of alkyl halides is 3. The second kappa shape index (κ2) is 6.21. The molecule has 0 aliphatic rings. The molecule has 1 rings (SSSR count). The van der Waals surface area contributed by atoms with E-state index < -0.39 is 35.5 Å². The van der Waals surface area contributed by atoms with Crippen LogP contribution in [-0.4, -0.2) is 33.9 Å². The first-order valence-electron chi connectivity index (χ1n) is 5.69. The molecule has 0 bridgehead atoms. The summed E-state index contributed by atoms with van der Waals surface area (Å²) >= 11 is 0. The highest BCUT2D eigenvalue weighted by Gasteiger charge is 2.36. The highest BCUT2D eigenvalue weighted by atomic mass is 19.4. The molecule has 0 heterocycles. The summed E-state index contributed by atoms with van der Waals surface area (Å²) in [5, 5.41) is 28.0. The first-order chi connectivity index (χ1) is 9.18. The maximum absolute atomic E-state index is 12.8. The summed E-state index contributed by atoms with van der Waals surface area (Å²) in [5.74, 6) is -1.72. The fourth-order valence-electron chi connectivity index (χ4n) is 1.72. The molecule has 5 nitrogen and oxygen atoms in total. The van der Waals surface area contributed by atoms with E-state index in [-0.39, 0.29) is 18.5 Å². The summed E-state index contributed by atoms with van der Waals surface area (Å²) in [6.45, 7) is 0.0531. The molecule has 0 aliphatic carbocycles. The standard InChI is InChI=1S/C12H14F3NO4/c13-12(14,15)8-5-6(1-2-7(8)11(19)20)10(18)9(17)3-4-16/h1-2,5,9-10,17-18H,3-4,16H2,(H,19,20). The van der Waals surface area contributed by atoms with Crippen molar-refractivity contribution in [3.8, 4) is 0 Å². The monoisotopic (exact) mass is 293 g/mol. The molecule has 0 fully saturated rings. The Labute approximate surface area is 112 Å². The van der Waals surface area contributed by atoms with Crippen LogP contribution >= 0.6 is 0 Å². The molecular weight excluding hydrogens is 279 g/mol. The SMILES string of the molecule is NCCC(O)C(O)c1ccc(C(=O)O)c(C(F)(F)F)c1. The van der Waals surface area contributed by atoms with Gasteiger partial charge in [-0.2, -0.15) is 13.2 Å². The van der Waals surface area contributed by atoms with Crippen LogP contribution in [0.5, 0.6) is 0 Å². The third-order valence-electron chi connectivity index (χ3n) is 2.75. The predicted molar refractivity (Wildman–Crippen MR) is 63.0 cm³/mol. The van der Waals surface area contributed by atoms with Crippen LogP contribution in [0.1, 0.15) is 34.0 Å². The molecule has 8 heteroatoms. The highest BCUT2D eigenvalue weighted by molar-refractivity contribution is 5.89. The van der Waals surface area contributed by atoms with E-state index in [0.717, 1.165) is 12.1 Å². The van der Waals surface area contributed by atoms with Gasteiger partial charge in [-0.3, -0.25) is 0 Å². The fourth-order valence-corrected chi connectivity index (χ4v) is 1.72. The van der Waals surface area contributed by atoms with Crippen LogP contribution < -0.4 is 5.73 Å². The van der Waals surface area contributed by atoms with Crippen molar-refractivity contribution in [1.82, 2.24) is 0 Å². The van der Waals surface area contributed by atoms with Gasteiger partial charge in [-0.1, -0.05) is 6.07 Å². The van der Waals surface area contributed by atoms with Gasteiger partial charge in [-0.05, 0) is 30.7 Å². The second-order valence-electron chi connectivity index (χ2n) is 4.20. The lowest BCUT2D eigenvalue weighted by atomic mass is 9.97. The minimum absolute atomic E-state index is 0.00317. The highest BCUT2D eigenvalue weighted by Crippen LogP contribution is 2.34. The summed E-state index contributed by atoms with van der Waals surface area (Å²) in [4.78, 5) is 10.8. The molecule has 112 valence electrons. The molecule has 0 aliphatic heterocycles. The van der Waals surface area contributed by atoms with Crippen LogP contribution in [-0.2, 0) is 6.18 Å². The van der Waals surface area contributed by atoms with Gasteiger partial charge >= 0.3 is 12.1 Å². The molecule has 20 heavy (non-hydrogen) atoms. The number of benzene rings is 1. The van der Waals surface area contributed by atoms with Crippen molar-refractivity contribution in [2.24, 2.45) is 5.73 Å². The van der Waals surface area contributed by atoms with Gasteiger partial charge in [0, 0.05) is 0 Å². The van der Waals surface area contributed by atoms with Crippen LogP contribution in [0.4, 0.5) is 13.2 Å². The quantitative estimate of drug-likeness (QED) is 0.652. The molecule has 0 amide bonds. The van der Waals surface area contributed by atoms with E-state index in [1.54, 1.807) is 0 Å². The third kappa shape index (κ3) is 3.69. The molecule has 0 saturated heterocycles. The van der Waals surface area contributed by atoms with Crippen molar-refractivity contribution in [2.45, 2.75) is 24.8 Å². The van der Waals surface area contributed by atoms with E-state index >= 15 is 0 Å². The number of carbonyl (C=O) groups is 1. The van der Waals surface area contributed by atoms with Gasteiger partial charge in [-0.25, -0.2) is 4.79 Å². The van der Waals surface area contributed by atoms with Gasteiger partial charge in [0.2, 0.25) is 0 Å². The number of hydrogen-bond acceptors (Lipinski definition) is 4. The lowest BCUT2D eigenvalue weighted by Crippen LogP contribution is -2.22. The van der Waals surface area contributed by atoms with Crippen molar-refractivity contribution < 1.29 is 33.3 Å². The van der Waals surface area contributed by atoms with Gasteiger partial charge in [0.1, 0.15) is 6.10 Å². The van der Waals surface area contributed by atoms with Gasteiger partial charge in [0.25, 0.3) is 0 Å². The van der Waals surface area contributed by atoms with Crippen LogP contribution in [0.15, 0.2) is 18.2 Å². The number of carboxylic acids is 1. The van der Waals surface area contributed by atoms with Gasteiger partial charge < -0.3 is 21.1 Å². The molecule has 0 spiro atoms. The van der Waals surface area contributed by atoms with E-state index in [9.17, 15) is 28.2 Å². The first-order valence-corrected chi connectivity index (χ1v) is 5.69. The maximum atomic E-state index is 12.8. The molecular formula is C12H14F3NO4. The zero-order valence-electron chi connectivity index (χ0n) is 10.3. The Morgan fingerprint density at radius 1 is 1.30 bits per heavy atom. The van der Waals surface area contributed by atoms with Crippen molar-refractivity contribution >= 4 is 5.97 Å². The van der Waals surface area contributed by atoms with Gasteiger partial charge in [-0.15, -0.1) is 0 Å². The number of carboxylic acid groups (broad SMARTS) is 1. The Morgan fingerprint density at radius 3 is 2.35 bits per heavy atom. The Morgan fingerprint density at radius 2 is 1.90 bits per heavy atom. The summed E-state index contributed by atoms with van der Waals surface area (Å²) in [6.07, 6.45) is -7.76. The molecule has 5 N–H and O–H groups in total. The second-order valence-corrected chi connectivity index (χ2v) is 4.20. The normalized spacial score (nSPS) is 14.9. The predicted octanol–water partition coefficient (Wildman–Crippen LogP) is 1.15. The number of halogens is 3. The molecule has 0 saturated carbocycles. The Hall–Kier alpha value is -1.64. The zero-order valence-corrected chi connectivity index (χ0v) is 10.3. The average Bonchev–Trinajstić information content (AvgIpc) is 2.36. The van der Waals surface area contributed by atoms with Crippen molar-refractivity contribution in [1.29, 1.82) is 0 Å². The minimum Gasteiger partial charge on any atom is -0.478 e. The van der Waals surface area contributed by atoms with Gasteiger partial charge in [0.15, 0.2) is 0 Å². The van der Waals surface area contributed by atoms with E-state index in [1.165, 1.54) is 0 Å². The third-order valence-corrected chi connectivity index (χ3v) is 2.75. The van der Waals surface area contributed by atoms with Crippen LogP contribution in [0.3, 0.4) is 0 Å². The van der Waals surface area contributed by atoms with Crippen LogP contribution in [0.2, 0.25) is 0 Å². The van der Waals surface area contributed by atoms with Crippen LogP contribution in [0, 0.1) is 0 Å². The summed E-state index contributed by atoms with van der Waals surface area (Å²) in [7, 11) is 0. The zero-order chi connectivity index (χ0) is 15.5. The molecule has 2 unspecified atom stereocenters. The maximum Gasteiger partial charge on any atom is 0.417 e. The van der Waals surface area contributed by atoms with E-state index in [1.807, 2.05) is 0 Å². The number of aromatic carboxylic acids is 1. The topological polar surface area (TPSA) is 104 Å². The number of aliphatic hydroxyl groups is 2. The number of rotatable bonds is 5. The fraction of sp³-hybridized carbons (Fsp3) is 0.417. The van der Waals surface area contributed by atoms with E-state index in [2.05, 4.69) is 0 Å². The van der Waals surface area contributed by atoms with Crippen LogP contribution in [0.25, 0.3) is 0 Å². The molecule has 0 radical (unpaired) electrons. The number of aliphatic hydroxyl groups excluding tert-OH is 2. The summed E-state index contributed by atoms with van der Waals surface area (Å²) in [6, 6.07) is 2.30. The largest absolute Gasteiger partial charge is 0.478 e. The Balaban J connectivity index is 3.23. The molecule has 0 aromatic heterocycles. The smallest absolute Gasteiger partial charge is 0.417 e. The van der Waals surface area contributed by atoms with Crippen molar-refractivity contribution in [3.05, 3.63) is 34.9 Å². The van der Waals surface area contributed by atoms with Crippen molar-refractivity contribution in [3.63, 3.8) is 0 Å². The minimum atomic E-state index is -4.87.